The fourth-order valence-electron chi connectivity index (χ4n) is 2.81. The molecule has 28 heavy (non-hydrogen) atoms. The molecule has 1 amide bonds. The van der Waals surface area contributed by atoms with Crippen LogP contribution in [0.3, 0.4) is 0 Å². The number of fused-ring (bicyclic) bond motifs is 1. The summed E-state index contributed by atoms with van der Waals surface area (Å²) in [6.07, 6.45) is 0.214. The molecule has 0 spiro atoms. The molecule has 0 unspecified atom stereocenters. The number of aromatic nitrogens is 1. The molecule has 2 aromatic carbocycles. The van der Waals surface area contributed by atoms with Gasteiger partial charge in [-0.25, -0.2) is 4.98 Å². The van der Waals surface area contributed by atoms with Crippen molar-refractivity contribution in [3.05, 3.63) is 64.3 Å². The van der Waals surface area contributed by atoms with Gasteiger partial charge < -0.3 is 9.64 Å². The van der Waals surface area contributed by atoms with E-state index < -0.39 is 0 Å². The highest BCUT2D eigenvalue weighted by atomic mass is 35.5. The van der Waals surface area contributed by atoms with Gasteiger partial charge in [-0.15, -0.1) is 0 Å². The standard InChI is InChI=1S/C21H17Cl2N3O2/c1-14-8-9-16-17(22)12-18(23)21(20(16)25-14)28-13-19(27)26(11-5-10-24)15-6-3-2-4-7-15/h2-4,6-9,12H,5,11,13H2,1H3. The molecule has 0 bridgehead atoms. The summed E-state index contributed by atoms with van der Waals surface area (Å²) in [5.41, 5.74) is 1.99. The molecule has 0 radical (unpaired) electrons. The molecule has 3 rings (SSSR count). The molecule has 0 saturated heterocycles. The Morgan fingerprint density at radius 3 is 2.64 bits per heavy atom. The van der Waals surface area contributed by atoms with Crippen LogP contribution < -0.4 is 9.64 Å². The van der Waals surface area contributed by atoms with Crippen LogP contribution in [0.25, 0.3) is 10.9 Å². The minimum Gasteiger partial charge on any atom is -0.480 e. The number of anilines is 1. The lowest BCUT2D eigenvalue weighted by Gasteiger charge is -2.22. The number of pyridine rings is 1. The maximum atomic E-state index is 12.8. The minimum absolute atomic E-state index is 0.214. The topological polar surface area (TPSA) is 66.2 Å². The predicted molar refractivity (Wildman–Crippen MR) is 111 cm³/mol. The maximum absolute atomic E-state index is 12.8. The van der Waals surface area contributed by atoms with Crippen molar-refractivity contribution < 1.29 is 9.53 Å². The van der Waals surface area contributed by atoms with E-state index in [0.29, 0.717) is 27.4 Å². The van der Waals surface area contributed by atoms with Crippen LogP contribution in [0.1, 0.15) is 12.1 Å². The van der Waals surface area contributed by atoms with E-state index in [4.69, 9.17) is 33.2 Å². The van der Waals surface area contributed by atoms with Crippen LogP contribution >= 0.6 is 23.2 Å². The van der Waals surface area contributed by atoms with Crippen molar-refractivity contribution in [2.24, 2.45) is 0 Å². The lowest BCUT2D eigenvalue weighted by Crippen LogP contribution is -2.35. The summed E-state index contributed by atoms with van der Waals surface area (Å²) in [5, 5.41) is 10.3. The van der Waals surface area contributed by atoms with Gasteiger partial charge in [-0.1, -0.05) is 41.4 Å². The maximum Gasteiger partial charge on any atom is 0.264 e. The molecule has 3 aromatic rings. The first-order valence-electron chi connectivity index (χ1n) is 8.61. The molecule has 0 atom stereocenters. The van der Waals surface area contributed by atoms with Gasteiger partial charge in [0, 0.05) is 23.3 Å². The molecular weight excluding hydrogens is 397 g/mol. The third kappa shape index (κ3) is 4.36. The second kappa shape index (κ2) is 8.92. The van der Waals surface area contributed by atoms with Gasteiger partial charge in [-0.2, -0.15) is 5.26 Å². The summed E-state index contributed by atoms with van der Waals surface area (Å²) in [6, 6.07) is 16.5. The summed E-state index contributed by atoms with van der Waals surface area (Å²) in [7, 11) is 0. The van der Waals surface area contributed by atoms with Gasteiger partial charge >= 0.3 is 0 Å². The van der Waals surface area contributed by atoms with Gasteiger partial charge in [0.15, 0.2) is 12.4 Å². The number of amides is 1. The monoisotopic (exact) mass is 413 g/mol. The number of nitriles is 1. The number of halogens is 2. The van der Waals surface area contributed by atoms with Gasteiger partial charge in [-0.3, -0.25) is 4.79 Å². The molecule has 0 aliphatic heterocycles. The largest absolute Gasteiger partial charge is 0.480 e. The van der Waals surface area contributed by atoms with Gasteiger partial charge in [-0.05, 0) is 37.3 Å². The number of carbonyl (C=O) groups excluding carboxylic acids is 1. The van der Waals surface area contributed by atoms with E-state index in [1.807, 2.05) is 49.4 Å². The van der Waals surface area contributed by atoms with Crippen molar-refractivity contribution >= 4 is 45.7 Å². The molecule has 0 aliphatic rings. The van der Waals surface area contributed by atoms with Crippen LogP contribution in [-0.2, 0) is 4.79 Å². The Labute approximate surface area is 173 Å². The zero-order valence-electron chi connectivity index (χ0n) is 15.2. The molecule has 5 nitrogen and oxygen atoms in total. The number of rotatable bonds is 6. The van der Waals surface area contributed by atoms with Gasteiger partial charge in [0.05, 0.1) is 22.5 Å². The molecule has 0 saturated carbocycles. The molecule has 142 valence electrons. The number of hydrogen-bond donors (Lipinski definition) is 0. The van der Waals surface area contributed by atoms with E-state index in [1.54, 1.807) is 6.07 Å². The van der Waals surface area contributed by atoms with E-state index >= 15 is 0 Å². The summed E-state index contributed by atoms with van der Waals surface area (Å²) >= 11 is 12.6. The highest BCUT2D eigenvalue weighted by Gasteiger charge is 2.19. The van der Waals surface area contributed by atoms with E-state index in [9.17, 15) is 4.79 Å². The van der Waals surface area contributed by atoms with Crippen LogP contribution in [0.2, 0.25) is 10.0 Å². The molecule has 1 aromatic heterocycles. The molecule has 0 aliphatic carbocycles. The lowest BCUT2D eigenvalue weighted by molar-refractivity contribution is -0.120. The number of ether oxygens (including phenoxy) is 1. The summed E-state index contributed by atoms with van der Waals surface area (Å²) < 4.78 is 5.78. The SMILES string of the molecule is Cc1ccc2c(Cl)cc(Cl)c(OCC(=O)N(CCC#N)c3ccccc3)c2n1. The van der Waals surface area contributed by atoms with Crippen molar-refractivity contribution in [1.29, 1.82) is 5.26 Å². The Morgan fingerprint density at radius 1 is 1.18 bits per heavy atom. The van der Waals surface area contributed by atoms with Crippen molar-refractivity contribution in [2.75, 3.05) is 18.1 Å². The molecule has 7 heteroatoms. The Bertz CT molecular complexity index is 1050. The van der Waals surface area contributed by atoms with Gasteiger partial charge in [0.25, 0.3) is 5.91 Å². The Hall–Kier alpha value is -2.81. The van der Waals surface area contributed by atoms with Crippen LogP contribution in [0.4, 0.5) is 5.69 Å². The number of benzene rings is 2. The molecule has 0 N–H and O–H groups in total. The van der Waals surface area contributed by atoms with E-state index in [2.05, 4.69) is 11.1 Å². The minimum atomic E-state index is -0.284. The first-order valence-corrected chi connectivity index (χ1v) is 9.37. The quantitative estimate of drug-likeness (QED) is 0.558. The molecular formula is C21H17Cl2N3O2. The molecule has 0 fully saturated rings. The van der Waals surface area contributed by atoms with Crippen LogP contribution in [0.15, 0.2) is 48.5 Å². The third-order valence-corrected chi connectivity index (χ3v) is 4.73. The van der Waals surface area contributed by atoms with Crippen molar-refractivity contribution in [1.82, 2.24) is 4.98 Å². The van der Waals surface area contributed by atoms with Crippen LogP contribution in [0.5, 0.6) is 5.75 Å². The number of para-hydroxylation sites is 1. The third-order valence-electron chi connectivity index (χ3n) is 4.13. The van der Waals surface area contributed by atoms with Crippen molar-refractivity contribution in [2.45, 2.75) is 13.3 Å². The average molecular weight is 414 g/mol. The number of hydrogen-bond acceptors (Lipinski definition) is 4. The highest BCUT2D eigenvalue weighted by molar-refractivity contribution is 6.39. The summed E-state index contributed by atoms with van der Waals surface area (Å²) in [5.74, 6) is 0.0275. The predicted octanol–water partition coefficient (Wildman–Crippen LogP) is 5.18. The lowest BCUT2D eigenvalue weighted by atomic mass is 10.2. The average Bonchev–Trinajstić information content (AvgIpc) is 2.68. The Morgan fingerprint density at radius 2 is 1.93 bits per heavy atom. The number of carbonyl (C=O) groups is 1. The molecule has 1 heterocycles. The Kier molecular flexibility index (Phi) is 6.35. The summed E-state index contributed by atoms with van der Waals surface area (Å²) in [6.45, 7) is 1.88. The fourth-order valence-corrected chi connectivity index (χ4v) is 3.38. The van der Waals surface area contributed by atoms with Crippen LogP contribution in [0, 0.1) is 18.3 Å². The second-order valence-corrected chi connectivity index (χ2v) is 6.91. The first-order chi connectivity index (χ1) is 13.5. The second-order valence-electron chi connectivity index (χ2n) is 6.10. The van der Waals surface area contributed by atoms with E-state index in [1.165, 1.54) is 4.90 Å². The Balaban J connectivity index is 1.87. The van der Waals surface area contributed by atoms with E-state index in [-0.39, 0.29) is 30.5 Å². The fraction of sp³-hybridized carbons (Fsp3) is 0.190. The van der Waals surface area contributed by atoms with E-state index in [0.717, 1.165) is 5.69 Å². The van der Waals surface area contributed by atoms with Crippen LogP contribution in [-0.4, -0.2) is 24.0 Å². The van der Waals surface area contributed by atoms with Gasteiger partial charge in [0.2, 0.25) is 0 Å². The summed E-state index contributed by atoms with van der Waals surface area (Å²) in [4.78, 5) is 18.8. The zero-order chi connectivity index (χ0) is 20.1. The smallest absolute Gasteiger partial charge is 0.264 e. The number of nitrogens with zero attached hydrogens (tertiary/aromatic N) is 3. The highest BCUT2D eigenvalue weighted by Crippen LogP contribution is 2.37. The van der Waals surface area contributed by atoms with Crippen molar-refractivity contribution in [3.63, 3.8) is 0 Å². The van der Waals surface area contributed by atoms with Crippen molar-refractivity contribution in [3.8, 4) is 11.8 Å². The zero-order valence-corrected chi connectivity index (χ0v) is 16.7. The first kappa shape index (κ1) is 19.9. The number of aryl methyl sites for hydroxylation is 1. The normalized spacial score (nSPS) is 10.5. The van der Waals surface area contributed by atoms with Gasteiger partial charge in [0.1, 0.15) is 5.52 Å².